The molecule has 0 bridgehead atoms. The van der Waals surface area contributed by atoms with Gasteiger partial charge in [0.15, 0.2) is 0 Å². The summed E-state index contributed by atoms with van der Waals surface area (Å²) in [7, 11) is 0. The van der Waals surface area contributed by atoms with Crippen molar-refractivity contribution in [3.63, 3.8) is 0 Å². The predicted molar refractivity (Wildman–Crippen MR) is 73.8 cm³/mol. The summed E-state index contributed by atoms with van der Waals surface area (Å²) in [6.07, 6.45) is 5.79. The van der Waals surface area contributed by atoms with Crippen molar-refractivity contribution < 1.29 is 0 Å². The highest BCUT2D eigenvalue weighted by Crippen LogP contribution is 2.28. The Morgan fingerprint density at radius 3 is 3.17 bits per heavy atom. The summed E-state index contributed by atoms with van der Waals surface area (Å²) < 4.78 is 3.03. The Morgan fingerprint density at radius 2 is 2.39 bits per heavy atom. The molecule has 0 spiro atoms. The second kappa shape index (κ2) is 4.84. The van der Waals surface area contributed by atoms with Crippen molar-refractivity contribution in [2.45, 2.75) is 10.1 Å². The highest BCUT2D eigenvalue weighted by molar-refractivity contribution is 8.00. The molecule has 0 aliphatic carbocycles. The molecule has 3 aromatic heterocycles. The molecule has 3 heterocycles. The molecule has 88 valence electrons. The predicted octanol–water partition coefficient (Wildman–Crippen LogP) is 3.56. The molecule has 0 saturated carbocycles. The summed E-state index contributed by atoms with van der Waals surface area (Å²) in [6, 6.07) is 8.18. The van der Waals surface area contributed by atoms with Crippen molar-refractivity contribution >= 4 is 28.6 Å². The fourth-order valence-corrected chi connectivity index (χ4v) is 3.45. The van der Waals surface area contributed by atoms with Crippen molar-refractivity contribution in [3.8, 4) is 6.07 Å². The molecular formula is C13H9N3S2. The average Bonchev–Trinajstić information content (AvgIpc) is 3.03. The van der Waals surface area contributed by atoms with Gasteiger partial charge in [0.1, 0.15) is 10.4 Å². The van der Waals surface area contributed by atoms with E-state index in [0.29, 0.717) is 0 Å². The lowest BCUT2D eigenvalue weighted by Crippen LogP contribution is -1.81. The van der Waals surface area contributed by atoms with E-state index in [1.165, 1.54) is 0 Å². The van der Waals surface area contributed by atoms with Crippen LogP contribution in [0.5, 0.6) is 0 Å². The maximum atomic E-state index is 9.28. The molecule has 18 heavy (non-hydrogen) atoms. The number of nitriles is 1. The van der Waals surface area contributed by atoms with Crippen LogP contribution in [-0.2, 0) is 5.75 Å². The monoisotopic (exact) mass is 271 g/mol. The minimum Gasteiger partial charge on any atom is -0.322 e. The molecule has 3 rings (SSSR count). The van der Waals surface area contributed by atoms with E-state index in [9.17, 15) is 5.26 Å². The summed E-state index contributed by atoms with van der Waals surface area (Å²) in [4.78, 5) is 4.23. The first kappa shape index (κ1) is 11.3. The lowest BCUT2D eigenvalue weighted by Gasteiger charge is -1.95. The van der Waals surface area contributed by atoms with E-state index in [2.05, 4.69) is 11.1 Å². The number of fused-ring (bicyclic) bond motifs is 1. The molecule has 3 nitrogen and oxygen atoms in total. The molecule has 5 heteroatoms. The van der Waals surface area contributed by atoms with Crippen LogP contribution in [0.1, 0.15) is 11.1 Å². The van der Waals surface area contributed by atoms with Gasteiger partial charge in [-0.2, -0.15) is 5.26 Å². The fraction of sp³-hybridized carbons (Fsp3) is 0.0769. The van der Waals surface area contributed by atoms with Crippen LogP contribution in [0, 0.1) is 11.3 Å². The zero-order chi connectivity index (χ0) is 12.4. The average molecular weight is 271 g/mol. The molecule has 0 fully saturated rings. The third kappa shape index (κ3) is 2.01. The van der Waals surface area contributed by atoms with Crippen LogP contribution in [0.15, 0.2) is 46.5 Å². The van der Waals surface area contributed by atoms with E-state index in [-0.39, 0.29) is 0 Å². The van der Waals surface area contributed by atoms with Crippen molar-refractivity contribution in [2.24, 2.45) is 0 Å². The van der Waals surface area contributed by atoms with Gasteiger partial charge in [-0.3, -0.25) is 0 Å². The molecule has 0 unspecified atom stereocenters. The number of hydrogen-bond donors (Lipinski definition) is 0. The number of thiazole rings is 1. The zero-order valence-electron chi connectivity index (χ0n) is 9.41. The second-order valence-electron chi connectivity index (χ2n) is 3.72. The molecule has 0 N–H and O–H groups in total. The quantitative estimate of drug-likeness (QED) is 0.684. The third-order valence-corrected chi connectivity index (χ3v) is 4.65. The largest absolute Gasteiger partial charge is 0.322 e. The van der Waals surface area contributed by atoms with Gasteiger partial charge in [0.05, 0.1) is 11.1 Å². The highest BCUT2D eigenvalue weighted by Gasteiger charge is 2.10. The normalized spacial score (nSPS) is 10.6. The highest BCUT2D eigenvalue weighted by atomic mass is 32.2. The minimum atomic E-state index is 0.764. The standard InChI is InChI=1S/C13H9N3S2/c14-7-11-10(9-18-13-15-4-6-17-13)8-16-5-2-1-3-12(11)16/h1-6,8H,9H2. The van der Waals surface area contributed by atoms with E-state index < -0.39 is 0 Å². The van der Waals surface area contributed by atoms with E-state index >= 15 is 0 Å². The first-order chi connectivity index (χ1) is 8.88. The number of aromatic nitrogens is 2. The van der Waals surface area contributed by atoms with Crippen LogP contribution in [0.3, 0.4) is 0 Å². The van der Waals surface area contributed by atoms with Crippen molar-refractivity contribution in [2.75, 3.05) is 0 Å². The van der Waals surface area contributed by atoms with Gasteiger partial charge in [-0.05, 0) is 17.7 Å². The van der Waals surface area contributed by atoms with Gasteiger partial charge in [-0.25, -0.2) is 4.98 Å². The van der Waals surface area contributed by atoms with Gasteiger partial charge < -0.3 is 4.40 Å². The Morgan fingerprint density at radius 1 is 1.44 bits per heavy atom. The SMILES string of the molecule is N#Cc1c(CSc2nccs2)cn2ccccc12. The zero-order valence-corrected chi connectivity index (χ0v) is 11.0. The van der Waals surface area contributed by atoms with Crippen LogP contribution in [0.2, 0.25) is 0 Å². The molecule has 0 aliphatic heterocycles. The first-order valence-corrected chi connectivity index (χ1v) is 7.26. The van der Waals surface area contributed by atoms with Crippen LogP contribution in [0.25, 0.3) is 5.52 Å². The smallest absolute Gasteiger partial charge is 0.150 e. The molecule has 0 aliphatic rings. The third-order valence-electron chi connectivity index (χ3n) is 2.63. The minimum absolute atomic E-state index is 0.764. The van der Waals surface area contributed by atoms with E-state index in [4.69, 9.17) is 0 Å². The number of thioether (sulfide) groups is 1. The summed E-state index contributed by atoms with van der Waals surface area (Å²) in [6.45, 7) is 0. The van der Waals surface area contributed by atoms with Crippen molar-refractivity contribution in [1.29, 1.82) is 5.26 Å². The number of pyridine rings is 1. The van der Waals surface area contributed by atoms with Gasteiger partial charge in [0, 0.05) is 29.7 Å². The lowest BCUT2D eigenvalue weighted by molar-refractivity contribution is 1.18. The van der Waals surface area contributed by atoms with Gasteiger partial charge in [-0.15, -0.1) is 11.3 Å². The van der Waals surface area contributed by atoms with Crippen LogP contribution in [-0.4, -0.2) is 9.38 Å². The number of hydrogen-bond acceptors (Lipinski definition) is 4. The summed E-state index contributed by atoms with van der Waals surface area (Å²) in [5.41, 5.74) is 2.79. The van der Waals surface area contributed by atoms with Crippen LogP contribution < -0.4 is 0 Å². The Hall–Kier alpha value is -1.77. The molecule has 3 aromatic rings. The molecular weight excluding hydrogens is 262 g/mol. The van der Waals surface area contributed by atoms with Crippen molar-refractivity contribution in [1.82, 2.24) is 9.38 Å². The molecule has 0 atom stereocenters. The van der Waals surface area contributed by atoms with Gasteiger partial charge in [0.2, 0.25) is 0 Å². The molecule has 0 amide bonds. The van der Waals surface area contributed by atoms with E-state index in [1.807, 2.05) is 40.4 Å². The Balaban J connectivity index is 1.94. The number of rotatable bonds is 3. The Kier molecular flexibility index (Phi) is 3.05. The van der Waals surface area contributed by atoms with Gasteiger partial charge in [0.25, 0.3) is 0 Å². The summed E-state index contributed by atoms with van der Waals surface area (Å²) in [5.74, 6) is 0.776. The second-order valence-corrected chi connectivity index (χ2v) is 5.84. The van der Waals surface area contributed by atoms with E-state index in [0.717, 1.165) is 26.7 Å². The maximum Gasteiger partial charge on any atom is 0.150 e. The lowest BCUT2D eigenvalue weighted by atomic mass is 10.2. The number of nitrogens with zero attached hydrogens (tertiary/aromatic N) is 3. The molecule has 0 aromatic carbocycles. The van der Waals surface area contributed by atoms with Gasteiger partial charge >= 0.3 is 0 Å². The summed E-state index contributed by atoms with van der Waals surface area (Å²) in [5, 5.41) is 11.2. The topological polar surface area (TPSA) is 41.1 Å². The summed E-state index contributed by atoms with van der Waals surface area (Å²) >= 11 is 3.29. The fourth-order valence-electron chi connectivity index (χ4n) is 1.84. The first-order valence-electron chi connectivity index (χ1n) is 5.39. The van der Waals surface area contributed by atoms with Crippen LogP contribution in [0.4, 0.5) is 0 Å². The van der Waals surface area contributed by atoms with Crippen LogP contribution >= 0.6 is 23.1 Å². The Bertz CT molecular complexity index is 707. The molecule has 0 saturated heterocycles. The van der Waals surface area contributed by atoms with Gasteiger partial charge in [-0.1, -0.05) is 17.8 Å². The van der Waals surface area contributed by atoms with Crippen molar-refractivity contribution in [3.05, 3.63) is 53.3 Å². The maximum absolute atomic E-state index is 9.28. The van der Waals surface area contributed by atoms with E-state index in [1.54, 1.807) is 29.3 Å². The molecule has 0 radical (unpaired) electrons. The Labute approximate surface area is 113 Å².